The Morgan fingerprint density at radius 1 is 1.24 bits per heavy atom. The Kier molecular flexibility index (Phi) is 4.57. The molecule has 7 nitrogen and oxygen atoms in total. The van der Waals surface area contributed by atoms with Gasteiger partial charge in [-0.05, 0) is 37.2 Å². The predicted octanol–water partition coefficient (Wildman–Crippen LogP) is 1.84. The van der Waals surface area contributed by atoms with E-state index in [4.69, 9.17) is 9.47 Å². The molecule has 134 valence electrons. The maximum atomic E-state index is 6.28. The van der Waals surface area contributed by atoms with Gasteiger partial charge in [-0.15, -0.1) is 0 Å². The third-order valence-corrected chi connectivity index (χ3v) is 5.06. The molecule has 0 spiro atoms. The fourth-order valence-electron chi connectivity index (χ4n) is 3.51. The number of nitrogens with zero attached hydrogens (tertiary/aromatic N) is 5. The van der Waals surface area contributed by atoms with Crippen molar-refractivity contribution in [3.05, 3.63) is 30.4 Å². The summed E-state index contributed by atoms with van der Waals surface area (Å²) in [5, 5.41) is 4.30. The van der Waals surface area contributed by atoms with Crippen molar-refractivity contribution in [3.8, 4) is 5.88 Å². The van der Waals surface area contributed by atoms with E-state index in [-0.39, 0.29) is 12.1 Å². The Balaban J connectivity index is 1.54. The van der Waals surface area contributed by atoms with Crippen LogP contribution in [0.4, 0.5) is 5.82 Å². The Hall–Kier alpha value is -2.15. The quantitative estimate of drug-likeness (QED) is 0.764. The summed E-state index contributed by atoms with van der Waals surface area (Å²) < 4.78 is 13.4. The van der Waals surface area contributed by atoms with Crippen molar-refractivity contribution in [1.82, 2.24) is 19.7 Å². The number of hydrogen-bond donors (Lipinski definition) is 0. The minimum Gasteiger partial charge on any atom is -0.481 e. The van der Waals surface area contributed by atoms with Gasteiger partial charge in [0.15, 0.2) is 0 Å². The molecule has 4 rings (SSSR count). The molecular formula is C18H25N5O2. The molecule has 1 saturated carbocycles. The number of rotatable bonds is 7. The first-order valence-corrected chi connectivity index (χ1v) is 8.94. The highest BCUT2D eigenvalue weighted by Gasteiger charge is 2.37. The van der Waals surface area contributed by atoms with E-state index in [0.29, 0.717) is 5.88 Å². The zero-order chi connectivity index (χ0) is 17.2. The second kappa shape index (κ2) is 7.00. The average Bonchev–Trinajstić information content (AvgIpc) is 3.25. The van der Waals surface area contributed by atoms with E-state index in [1.54, 1.807) is 13.4 Å². The van der Waals surface area contributed by atoms with Gasteiger partial charge in [0.1, 0.15) is 12.1 Å². The maximum absolute atomic E-state index is 6.28. The second-order valence-electron chi connectivity index (χ2n) is 7.01. The van der Waals surface area contributed by atoms with Crippen LogP contribution in [0.2, 0.25) is 0 Å². The first-order chi connectivity index (χ1) is 12.2. The fourth-order valence-corrected chi connectivity index (χ4v) is 3.51. The molecule has 0 unspecified atom stereocenters. The van der Waals surface area contributed by atoms with Gasteiger partial charge in [-0.3, -0.25) is 4.68 Å². The van der Waals surface area contributed by atoms with Crippen LogP contribution in [0.5, 0.6) is 5.88 Å². The number of aromatic nitrogens is 4. The van der Waals surface area contributed by atoms with E-state index < -0.39 is 0 Å². The van der Waals surface area contributed by atoms with Crippen LogP contribution in [0.3, 0.4) is 0 Å². The van der Waals surface area contributed by atoms with Crippen molar-refractivity contribution in [2.45, 2.75) is 37.8 Å². The summed E-state index contributed by atoms with van der Waals surface area (Å²) in [6.45, 7) is 1.82. The van der Waals surface area contributed by atoms with E-state index in [1.807, 2.05) is 24.0 Å². The highest BCUT2D eigenvalue weighted by atomic mass is 16.5. The summed E-state index contributed by atoms with van der Waals surface area (Å²) in [4.78, 5) is 10.9. The largest absolute Gasteiger partial charge is 0.481 e. The van der Waals surface area contributed by atoms with Gasteiger partial charge in [0.05, 0.1) is 25.5 Å². The Morgan fingerprint density at radius 3 is 2.84 bits per heavy atom. The van der Waals surface area contributed by atoms with Crippen LogP contribution in [0, 0.1) is 5.92 Å². The Morgan fingerprint density at radius 2 is 2.12 bits per heavy atom. The fraction of sp³-hybridized carbons (Fsp3) is 0.611. The van der Waals surface area contributed by atoms with Gasteiger partial charge in [0.25, 0.3) is 0 Å². The summed E-state index contributed by atoms with van der Waals surface area (Å²) in [5.41, 5.74) is 1.22. The number of ether oxygens (including phenoxy) is 2. The van der Waals surface area contributed by atoms with Crippen LogP contribution in [0.15, 0.2) is 24.8 Å². The molecule has 0 N–H and O–H groups in total. The van der Waals surface area contributed by atoms with Gasteiger partial charge in [0, 0.05) is 32.5 Å². The number of hydrogen-bond acceptors (Lipinski definition) is 6. The summed E-state index contributed by atoms with van der Waals surface area (Å²) in [6, 6.07) is 2.15. The molecular weight excluding hydrogens is 318 g/mol. The van der Waals surface area contributed by atoms with E-state index in [0.717, 1.165) is 37.7 Å². The molecule has 7 heteroatoms. The number of anilines is 1. The smallest absolute Gasteiger partial charge is 0.218 e. The molecule has 2 aromatic heterocycles. The minimum atomic E-state index is 0.224. The SMILES string of the molecule is COc1cc(N2CC[C@@H](OCC3CC3)[C@H]2Cc2cnn(C)c2)ncn1. The molecule has 25 heavy (non-hydrogen) atoms. The lowest BCUT2D eigenvalue weighted by molar-refractivity contribution is 0.0407. The van der Waals surface area contributed by atoms with Gasteiger partial charge in [-0.25, -0.2) is 9.97 Å². The van der Waals surface area contributed by atoms with Crippen molar-refractivity contribution in [2.24, 2.45) is 13.0 Å². The van der Waals surface area contributed by atoms with Crippen LogP contribution < -0.4 is 9.64 Å². The minimum absolute atomic E-state index is 0.224. The summed E-state index contributed by atoms with van der Waals surface area (Å²) >= 11 is 0. The van der Waals surface area contributed by atoms with Gasteiger partial charge < -0.3 is 14.4 Å². The second-order valence-corrected chi connectivity index (χ2v) is 7.01. The molecule has 0 amide bonds. The summed E-state index contributed by atoms with van der Waals surface area (Å²) in [7, 11) is 3.58. The molecule has 3 heterocycles. The van der Waals surface area contributed by atoms with Crippen molar-refractivity contribution >= 4 is 5.82 Å². The van der Waals surface area contributed by atoms with Crippen molar-refractivity contribution < 1.29 is 9.47 Å². The third kappa shape index (κ3) is 3.76. The molecule has 0 radical (unpaired) electrons. The predicted molar refractivity (Wildman–Crippen MR) is 93.7 cm³/mol. The lowest BCUT2D eigenvalue weighted by Crippen LogP contribution is -2.39. The lowest BCUT2D eigenvalue weighted by atomic mass is 10.0. The lowest BCUT2D eigenvalue weighted by Gasteiger charge is -2.29. The van der Waals surface area contributed by atoms with Crippen LogP contribution >= 0.6 is 0 Å². The standard InChI is InChI=1S/C18H25N5O2/c1-22-10-14(9-21-22)7-15-16(25-11-13-3-4-13)5-6-23(15)17-8-18(24-2)20-12-19-17/h8-10,12-13,15-16H,3-7,11H2,1-2H3/t15-,16-/m1/s1. The van der Waals surface area contributed by atoms with Crippen molar-refractivity contribution in [1.29, 1.82) is 0 Å². The highest BCUT2D eigenvalue weighted by Crippen LogP contribution is 2.33. The molecule has 0 bridgehead atoms. The van der Waals surface area contributed by atoms with Gasteiger partial charge >= 0.3 is 0 Å². The average molecular weight is 343 g/mol. The Bertz CT molecular complexity index is 715. The Labute approximate surface area is 148 Å². The monoisotopic (exact) mass is 343 g/mol. The van der Waals surface area contributed by atoms with E-state index in [9.17, 15) is 0 Å². The molecule has 2 fully saturated rings. The van der Waals surface area contributed by atoms with E-state index >= 15 is 0 Å². The molecule has 1 saturated heterocycles. The molecule has 2 aliphatic rings. The normalized spacial score (nSPS) is 23.2. The summed E-state index contributed by atoms with van der Waals surface area (Å²) in [6.07, 6.45) is 10.3. The summed E-state index contributed by atoms with van der Waals surface area (Å²) in [5.74, 6) is 2.26. The molecule has 1 aliphatic carbocycles. The zero-order valence-corrected chi connectivity index (χ0v) is 14.8. The van der Waals surface area contributed by atoms with Crippen molar-refractivity contribution in [2.75, 3.05) is 25.2 Å². The van der Waals surface area contributed by atoms with Gasteiger partial charge in [0.2, 0.25) is 5.88 Å². The topological polar surface area (TPSA) is 65.3 Å². The number of aryl methyl sites for hydroxylation is 1. The van der Waals surface area contributed by atoms with Crippen molar-refractivity contribution in [3.63, 3.8) is 0 Å². The van der Waals surface area contributed by atoms with Gasteiger partial charge in [-0.2, -0.15) is 5.10 Å². The van der Waals surface area contributed by atoms with Crippen LogP contribution in [0.1, 0.15) is 24.8 Å². The first kappa shape index (κ1) is 16.3. The van der Waals surface area contributed by atoms with E-state index in [2.05, 4.69) is 26.2 Å². The first-order valence-electron chi connectivity index (χ1n) is 8.94. The molecule has 2 atom stereocenters. The number of methoxy groups -OCH3 is 1. The third-order valence-electron chi connectivity index (χ3n) is 5.06. The van der Waals surface area contributed by atoms with Crippen LogP contribution in [0.25, 0.3) is 0 Å². The molecule has 1 aliphatic heterocycles. The van der Waals surface area contributed by atoms with Crippen LogP contribution in [-0.4, -0.2) is 52.2 Å². The van der Waals surface area contributed by atoms with Gasteiger partial charge in [-0.1, -0.05) is 0 Å². The zero-order valence-electron chi connectivity index (χ0n) is 14.8. The molecule has 0 aromatic carbocycles. The highest BCUT2D eigenvalue weighted by molar-refractivity contribution is 5.44. The van der Waals surface area contributed by atoms with Crippen LogP contribution in [-0.2, 0) is 18.2 Å². The van der Waals surface area contributed by atoms with E-state index in [1.165, 1.54) is 18.4 Å². The molecule has 2 aromatic rings. The maximum Gasteiger partial charge on any atom is 0.218 e.